The van der Waals surface area contributed by atoms with Crippen LogP contribution in [0.5, 0.6) is 0 Å². The van der Waals surface area contributed by atoms with Crippen LogP contribution < -0.4 is 10.6 Å². The predicted molar refractivity (Wildman–Crippen MR) is 46.9 cm³/mol. The maximum Gasteiger partial charge on any atom is 0.321 e. The van der Waals surface area contributed by atoms with E-state index in [9.17, 15) is 4.79 Å². The summed E-state index contributed by atoms with van der Waals surface area (Å²) in [6.45, 7) is -0.0152. The molecule has 66 valence electrons. The number of urea groups is 1. The fourth-order valence-electron chi connectivity index (χ4n) is 0.717. The van der Waals surface area contributed by atoms with Gasteiger partial charge in [0, 0.05) is 6.20 Å². The summed E-state index contributed by atoms with van der Waals surface area (Å²) in [4.78, 5) is 14.8. The largest absolute Gasteiger partial charge is 0.325 e. The topological polar surface area (TPSA) is 77.8 Å². The van der Waals surface area contributed by atoms with Crippen molar-refractivity contribution >= 4 is 11.8 Å². The summed E-state index contributed by atoms with van der Waals surface area (Å²) < 4.78 is 0. The van der Waals surface area contributed by atoms with E-state index >= 15 is 0 Å². The van der Waals surface area contributed by atoms with Crippen molar-refractivity contribution in [3.8, 4) is 6.07 Å². The van der Waals surface area contributed by atoms with Crippen molar-refractivity contribution in [2.24, 2.45) is 0 Å². The van der Waals surface area contributed by atoms with Gasteiger partial charge in [-0.1, -0.05) is 6.07 Å². The highest BCUT2D eigenvalue weighted by Crippen LogP contribution is 1.98. The SMILES string of the molecule is N#CCNC(=O)Nc1ccccn1. The van der Waals surface area contributed by atoms with Crippen molar-refractivity contribution in [2.75, 3.05) is 11.9 Å². The number of nitrogens with zero attached hydrogens (tertiary/aromatic N) is 2. The normalized spacial score (nSPS) is 8.54. The van der Waals surface area contributed by atoms with E-state index in [1.165, 1.54) is 0 Å². The number of rotatable bonds is 2. The number of nitrogens with one attached hydrogen (secondary N) is 2. The maximum atomic E-state index is 11.0. The summed E-state index contributed by atoms with van der Waals surface area (Å²) in [5.41, 5.74) is 0. The molecule has 5 nitrogen and oxygen atoms in total. The van der Waals surface area contributed by atoms with Gasteiger partial charge in [0.05, 0.1) is 6.07 Å². The van der Waals surface area contributed by atoms with E-state index in [0.717, 1.165) is 0 Å². The Morgan fingerprint density at radius 2 is 2.46 bits per heavy atom. The van der Waals surface area contributed by atoms with Crippen LogP contribution in [0, 0.1) is 11.3 Å². The first kappa shape index (κ1) is 9.00. The van der Waals surface area contributed by atoms with E-state index in [2.05, 4.69) is 15.6 Å². The predicted octanol–water partition coefficient (Wildman–Crippen LogP) is 0.727. The average Bonchev–Trinajstić information content (AvgIpc) is 2.16. The second kappa shape index (κ2) is 4.72. The summed E-state index contributed by atoms with van der Waals surface area (Å²) >= 11 is 0. The van der Waals surface area contributed by atoms with Crippen molar-refractivity contribution < 1.29 is 4.79 Å². The molecule has 1 aromatic heterocycles. The molecule has 0 radical (unpaired) electrons. The van der Waals surface area contributed by atoms with E-state index in [4.69, 9.17) is 5.26 Å². The Kier molecular flexibility index (Phi) is 3.27. The minimum absolute atomic E-state index is 0.0152. The van der Waals surface area contributed by atoms with Gasteiger partial charge in [-0.2, -0.15) is 5.26 Å². The highest BCUT2D eigenvalue weighted by molar-refractivity contribution is 5.88. The fourth-order valence-corrected chi connectivity index (χ4v) is 0.717. The molecule has 0 aliphatic carbocycles. The Labute approximate surface area is 75.4 Å². The average molecular weight is 176 g/mol. The van der Waals surface area contributed by atoms with Gasteiger partial charge in [-0.05, 0) is 12.1 Å². The zero-order valence-corrected chi connectivity index (χ0v) is 6.82. The standard InChI is InChI=1S/C8H8N4O/c9-4-6-11-8(13)12-7-3-1-2-5-10-7/h1-3,5H,6H2,(H2,10,11,12,13). The number of pyridine rings is 1. The number of amides is 2. The van der Waals surface area contributed by atoms with E-state index in [1.54, 1.807) is 30.5 Å². The Bertz CT molecular complexity index is 317. The summed E-state index contributed by atoms with van der Waals surface area (Å²) in [6.07, 6.45) is 1.57. The van der Waals surface area contributed by atoms with Crippen LogP contribution in [-0.4, -0.2) is 17.6 Å². The van der Waals surface area contributed by atoms with Crippen LogP contribution in [0.1, 0.15) is 0 Å². The molecule has 1 aromatic rings. The number of nitriles is 1. The zero-order chi connectivity index (χ0) is 9.52. The molecule has 0 unspecified atom stereocenters. The zero-order valence-electron chi connectivity index (χ0n) is 6.82. The Morgan fingerprint density at radius 1 is 1.62 bits per heavy atom. The van der Waals surface area contributed by atoms with Crippen molar-refractivity contribution in [3.05, 3.63) is 24.4 Å². The molecule has 5 heteroatoms. The van der Waals surface area contributed by atoms with Crippen molar-refractivity contribution in [1.82, 2.24) is 10.3 Å². The first-order chi connectivity index (χ1) is 6.33. The van der Waals surface area contributed by atoms with Crippen LogP contribution in [0.2, 0.25) is 0 Å². The lowest BCUT2D eigenvalue weighted by atomic mass is 10.5. The molecule has 13 heavy (non-hydrogen) atoms. The van der Waals surface area contributed by atoms with E-state index in [-0.39, 0.29) is 6.54 Å². The molecule has 0 saturated heterocycles. The van der Waals surface area contributed by atoms with E-state index in [0.29, 0.717) is 5.82 Å². The summed E-state index contributed by atoms with van der Waals surface area (Å²) in [5.74, 6) is 0.456. The number of hydrogen-bond acceptors (Lipinski definition) is 3. The van der Waals surface area contributed by atoms with E-state index < -0.39 is 6.03 Å². The van der Waals surface area contributed by atoms with Crippen molar-refractivity contribution in [3.63, 3.8) is 0 Å². The monoisotopic (exact) mass is 176 g/mol. The van der Waals surface area contributed by atoms with Crippen LogP contribution in [0.3, 0.4) is 0 Å². The van der Waals surface area contributed by atoms with Crippen molar-refractivity contribution in [1.29, 1.82) is 5.26 Å². The van der Waals surface area contributed by atoms with Gasteiger partial charge in [0.25, 0.3) is 0 Å². The smallest absolute Gasteiger partial charge is 0.321 e. The third-order valence-corrected chi connectivity index (χ3v) is 1.23. The minimum Gasteiger partial charge on any atom is -0.325 e. The van der Waals surface area contributed by atoms with Gasteiger partial charge in [0.1, 0.15) is 12.4 Å². The third kappa shape index (κ3) is 3.20. The molecule has 1 heterocycles. The van der Waals surface area contributed by atoms with E-state index in [1.807, 2.05) is 0 Å². The Morgan fingerprint density at radius 3 is 3.08 bits per heavy atom. The maximum absolute atomic E-state index is 11.0. The second-order valence-electron chi connectivity index (χ2n) is 2.18. The second-order valence-corrected chi connectivity index (χ2v) is 2.18. The molecule has 0 atom stereocenters. The Balaban J connectivity index is 2.42. The number of hydrogen-bond donors (Lipinski definition) is 2. The quantitative estimate of drug-likeness (QED) is 0.652. The number of carbonyl (C=O) groups excluding carboxylic acids is 1. The Hall–Kier alpha value is -2.09. The molecule has 2 amide bonds. The van der Waals surface area contributed by atoms with Crippen LogP contribution in [-0.2, 0) is 0 Å². The van der Waals surface area contributed by atoms with Crippen molar-refractivity contribution in [2.45, 2.75) is 0 Å². The molecule has 1 rings (SSSR count). The van der Waals surface area contributed by atoms with Gasteiger partial charge in [0.15, 0.2) is 0 Å². The van der Waals surface area contributed by atoms with Gasteiger partial charge < -0.3 is 5.32 Å². The fraction of sp³-hybridized carbons (Fsp3) is 0.125. The first-order valence-corrected chi connectivity index (χ1v) is 3.66. The van der Waals surface area contributed by atoms with Gasteiger partial charge in [-0.3, -0.25) is 5.32 Å². The highest BCUT2D eigenvalue weighted by Gasteiger charge is 1.98. The van der Waals surface area contributed by atoms with Crippen LogP contribution in [0.15, 0.2) is 24.4 Å². The molecular weight excluding hydrogens is 168 g/mol. The summed E-state index contributed by atoms with van der Waals surface area (Å²) in [5, 5.41) is 13.0. The summed E-state index contributed by atoms with van der Waals surface area (Å²) in [7, 11) is 0. The molecule has 0 bridgehead atoms. The van der Waals surface area contributed by atoms with Gasteiger partial charge in [-0.25, -0.2) is 9.78 Å². The highest BCUT2D eigenvalue weighted by atomic mass is 16.2. The molecule has 0 spiro atoms. The first-order valence-electron chi connectivity index (χ1n) is 3.66. The van der Waals surface area contributed by atoms with Gasteiger partial charge in [-0.15, -0.1) is 0 Å². The molecule has 0 aliphatic rings. The molecular formula is C8H8N4O. The third-order valence-electron chi connectivity index (χ3n) is 1.23. The molecule has 0 aliphatic heterocycles. The number of carbonyl (C=O) groups is 1. The lowest BCUT2D eigenvalue weighted by molar-refractivity contribution is 0.253. The van der Waals surface area contributed by atoms with Crippen LogP contribution in [0.25, 0.3) is 0 Å². The summed E-state index contributed by atoms with van der Waals surface area (Å²) in [6, 6.07) is 6.53. The van der Waals surface area contributed by atoms with Crippen LogP contribution in [0.4, 0.5) is 10.6 Å². The number of aromatic nitrogens is 1. The molecule has 2 N–H and O–H groups in total. The minimum atomic E-state index is -0.430. The lowest BCUT2D eigenvalue weighted by Crippen LogP contribution is -2.29. The number of anilines is 1. The van der Waals surface area contributed by atoms with Crippen LogP contribution >= 0.6 is 0 Å². The van der Waals surface area contributed by atoms with Gasteiger partial charge in [0.2, 0.25) is 0 Å². The molecule has 0 saturated carbocycles. The van der Waals surface area contributed by atoms with Gasteiger partial charge >= 0.3 is 6.03 Å². The molecule has 0 fully saturated rings. The lowest BCUT2D eigenvalue weighted by Gasteiger charge is -2.02. The molecule has 0 aromatic carbocycles.